The zero-order valence-corrected chi connectivity index (χ0v) is 14.8. The normalized spacial score (nSPS) is 16.5. The molecule has 1 aliphatic rings. The van der Waals surface area contributed by atoms with Gasteiger partial charge in [0.1, 0.15) is 5.82 Å². The lowest BCUT2D eigenvalue weighted by Crippen LogP contribution is -2.37. The van der Waals surface area contributed by atoms with Crippen molar-refractivity contribution in [3.63, 3.8) is 0 Å². The molecule has 1 saturated heterocycles. The van der Waals surface area contributed by atoms with E-state index in [1.807, 2.05) is 6.20 Å². The summed E-state index contributed by atoms with van der Waals surface area (Å²) in [6.45, 7) is 11.3. The highest BCUT2D eigenvalue weighted by molar-refractivity contribution is 5.79. The molecule has 2 rings (SSSR count). The predicted octanol–water partition coefficient (Wildman–Crippen LogP) is 2.78. The van der Waals surface area contributed by atoms with Crippen molar-refractivity contribution in [2.75, 3.05) is 31.1 Å². The molecule has 0 spiro atoms. The standard InChI is InChI=1S/C18H31N5/c1-4-10-20-18(19-5-2)22-14-16-6-7-17(21-13-16)23-11-8-15(3)9-12-23/h6-7,13,15H,4-5,8-12,14H2,1-3H3,(H2,19,20,22). The summed E-state index contributed by atoms with van der Waals surface area (Å²) in [5.74, 6) is 2.82. The van der Waals surface area contributed by atoms with Crippen molar-refractivity contribution in [2.24, 2.45) is 10.9 Å². The number of aromatic nitrogens is 1. The number of nitrogens with one attached hydrogen (secondary N) is 2. The van der Waals surface area contributed by atoms with Crippen molar-refractivity contribution in [3.05, 3.63) is 23.9 Å². The van der Waals surface area contributed by atoms with Crippen LogP contribution in [0, 0.1) is 5.92 Å². The maximum Gasteiger partial charge on any atom is 0.191 e. The van der Waals surface area contributed by atoms with Crippen LogP contribution in [0.4, 0.5) is 5.82 Å². The molecule has 128 valence electrons. The van der Waals surface area contributed by atoms with Gasteiger partial charge in [-0.1, -0.05) is 19.9 Å². The van der Waals surface area contributed by atoms with Gasteiger partial charge in [0.2, 0.25) is 0 Å². The maximum absolute atomic E-state index is 4.63. The molecule has 0 radical (unpaired) electrons. The van der Waals surface area contributed by atoms with E-state index in [2.05, 4.69) is 58.4 Å². The first-order chi connectivity index (χ1) is 11.2. The minimum Gasteiger partial charge on any atom is -0.357 e. The average molecular weight is 317 g/mol. The third-order valence-corrected chi connectivity index (χ3v) is 4.22. The Kier molecular flexibility index (Phi) is 7.17. The maximum atomic E-state index is 4.63. The molecular weight excluding hydrogens is 286 g/mol. The van der Waals surface area contributed by atoms with E-state index in [1.165, 1.54) is 12.8 Å². The lowest BCUT2D eigenvalue weighted by molar-refractivity contribution is 0.436. The van der Waals surface area contributed by atoms with Crippen LogP contribution in [0.25, 0.3) is 0 Å². The molecule has 5 nitrogen and oxygen atoms in total. The molecule has 1 aromatic rings. The highest BCUT2D eigenvalue weighted by Gasteiger charge is 2.16. The van der Waals surface area contributed by atoms with E-state index in [4.69, 9.17) is 0 Å². The molecule has 5 heteroatoms. The van der Waals surface area contributed by atoms with Crippen molar-refractivity contribution in [1.29, 1.82) is 0 Å². The smallest absolute Gasteiger partial charge is 0.191 e. The van der Waals surface area contributed by atoms with Gasteiger partial charge < -0.3 is 15.5 Å². The van der Waals surface area contributed by atoms with Gasteiger partial charge in [-0.15, -0.1) is 0 Å². The van der Waals surface area contributed by atoms with Crippen molar-refractivity contribution in [1.82, 2.24) is 15.6 Å². The van der Waals surface area contributed by atoms with Crippen LogP contribution in [0.3, 0.4) is 0 Å². The molecule has 1 fully saturated rings. The largest absolute Gasteiger partial charge is 0.357 e. The van der Waals surface area contributed by atoms with Crippen LogP contribution in [0.2, 0.25) is 0 Å². The Balaban J connectivity index is 1.90. The minimum atomic E-state index is 0.656. The second-order valence-corrected chi connectivity index (χ2v) is 6.32. The second-order valence-electron chi connectivity index (χ2n) is 6.32. The Morgan fingerprint density at radius 3 is 2.65 bits per heavy atom. The second kappa shape index (κ2) is 9.38. The third-order valence-electron chi connectivity index (χ3n) is 4.22. The first-order valence-electron chi connectivity index (χ1n) is 8.95. The van der Waals surface area contributed by atoms with E-state index in [-0.39, 0.29) is 0 Å². The van der Waals surface area contributed by atoms with Crippen molar-refractivity contribution in [3.8, 4) is 0 Å². The van der Waals surface area contributed by atoms with Gasteiger partial charge in [0.15, 0.2) is 5.96 Å². The molecule has 1 aromatic heterocycles. The lowest BCUT2D eigenvalue weighted by atomic mass is 9.99. The highest BCUT2D eigenvalue weighted by atomic mass is 15.2. The van der Waals surface area contributed by atoms with E-state index < -0.39 is 0 Å². The molecule has 23 heavy (non-hydrogen) atoms. The van der Waals surface area contributed by atoms with Gasteiger partial charge in [-0.25, -0.2) is 9.98 Å². The molecule has 0 saturated carbocycles. The van der Waals surface area contributed by atoms with E-state index in [9.17, 15) is 0 Å². The first kappa shape index (κ1) is 17.6. The number of pyridine rings is 1. The molecule has 0 atom stereocenters. The predicted molar refractivity (Wildman–Crippen MR) is 98.0 cm³/mol. The van der Waals surface area contributed by atoms with Crippen LogP contribution in [0.1, 0.15) is 45.6 Å². The Bertz CT molecular complexity index is 475. The summed E-state index contributed by atoms with van der Waals surface area (Å²) in [6, 6.07) is 4.28. The summed E-state index contributed by atoms with van der Waals surface area (Å²) in [5, 5.41) is 6.58. The number of nitrogens with zero attached hydrogens (tertiary/aromatic N) is 3. The van der Waals surface area contributed by atoms with Crippen LogP contribution in [0.5, 0.6) is 0 Å². The summed E-state index contributed by atoms with van der Waals surface area (Å²) >= 11 is 0. The van der Waals surface area contributed by atoms with Crippen LogP contribution < -0.4 is 15.5 Å². The fourth-order valence-electron chi connectivity index (χ4n) is 2.69. The van der Waals surface area contributed by atoms with Crippen molar-refractivity contribution >= 4 is 11.8 Å². The van der Waals surface area contributed by atoms with Gasteiger partial charge in [-0.05, 0) is 43.7 Å². The lowest BCUT2D eigenvalue weighted by Gasteiger charge is -2.31. The van der Waals surface area contributed by atoms with Crippen LogP contribution in [-0.2, 0) is 6.54 Å². The monoisotopic (exact) mass is 317 g/mol. The van der Waals surface area contributed by atoms with E-state index in [0.29, 0.717) is 6.54 Å². The first-order valence-corrected chi connectivity index (χ1v) is 8.95. The van der Waals surface area contributed by atoms with Gasteiger partial charge in [0, 0.05) is 32.4 Å². The van der Waals surface area contributed by atoms with Crippen LogP contribution >= 0.6 is 0 Å². The molecule has 1 aliphatic heterocycles. The summed E-state index contributed by atoms with van der Waals surface area (Å²) in [7, 11) is 0. The highest BCUT2D eigenvalue weighted by Crippen LogP contribution is 2.21. The van der Waals surface area contributed by atoms with Crippen molar-refractivity contribution in [2.45, 2.75) is 46.6 Å². The van der Waals surface area contributed by atoms with E-state index >= 15 is 0 Å². The number of anilines is 1. The molecule has 0 bridgehead atoms. The SMILES string of the molecule is CCCNC(=NCc1ccc(N2CCC(C)CC2)nc1)NCC. The summed E-state index contributed by atoms with van der Waals surface area (Å²) in [5.41, 5.74) is 1.15. The molecule has 2 N–H and O–H groups in total. The number of guanidine groups is 1. The number of aliphatic imine (C=N–C) groups is 1. The number of piperidine rings is 1. The van der Waals surface area contributed by atoms with E-state index in [1.54, 1.807) is 0 Å². The topological polar surface area (TPSA) is 52.6 Å². The zero-order chi connectivity index (χ0) is 16.5. The molecule has 0 amide bonds. The van der Waals surface area contributed by atoms with E-state index in [0.717, 1.165) is 55.9 Å². The summed E-state index contributed by atoms with van der Waals surface area (Å²) in [4.78, 5) is 11.6. The zero-order valence-electron chi connectivity index (χ0n) is 14.8. The van der Waals surface area contributed by atoms with Crippen LogP contribution in [0.15, 0.2) is 23.3 Å². The number of hydrogen-bond acceptors (Lipinski definition) is 3. The summed E-state index contributed by atoms with van der Waals surface area (Å²) in [6.07, 6.45) is 5.58. The minimum absolute atomic E-state index is 0.656. The fraction of sp³-hybridized carbons (Fsp3) is 0.667. The molecule has 0 aliphatic carbocycles. The van der Waals surface area contributed by atoms with Gasteiger partial charge in [-0.2, -0.15) is 0 Å². The molecule has 0 unspecified atom stereocenters. The number of rotatable bonds is 6. The third kappa shape index (κ3) is 5.73. The summed E-state index contributed by atoms with van der Waals surface area (Å²) < 4.78 is 0. The Hall–Kier alpha value is -1.78. The number of hydrogen-bond donors (Lipinski definition) is 2. The Morgan fingerprint density at radius 2 is 2.04 bits per heavy atom. The quantitative estimate of drug-likeness (QED) is 0.626. The van der Waals surface area contributed by atoms with Gasteiger partial charge >= 0.3 is 0 Å². The average Bonchev–Trinajstić information content (AvgIpc) is 2.58. The molecule has 2 heterocycles. The van der Waals surface area contributed by atoms with Gasteiger partial charge in [-0.3, -0.25) is 0 Å². The Labute approximate surface area is 140 Å². The Morgan fingerprint density at radius 1 is 1.26 bits per heavy atom. The molecular formula is C18H31N5. The molecule has 0 aromatic carbocycles. The van der Waals surface area contributed by atoms with Crippen LogP contribution in [-0.4, -0.2) is 37.1 Å². The van der Waals surface area contributed by atoms with Crippen molar-refractivity contribution < 1.29 is 0 Å². The fourth-order valence-corrected chi connectivity index (χ4v) is 2.69. The van der Waals surface area contributed by atoms with Gasteiger partial charge in [0.25, 0.3) is 0 Å². The van der Waals surface area contributed by atoms with Gasteiger partial charge in [0.05, 0.1) is 6.54 Å².